The molecule has 8 nitrogen and oxygen atoms in total. The molecule has 0 radical (unpaired) electrons. The predicted molar refractivity (Wildman–Crippen MR) is 177 cm³/mol. The van der Waals surface area contributed by atoms with Crippen LogP contribution in [0.15, 0.2) is 78.0 Å². The molecule has 12 heteroatoms. The molecule has 1 aliphatic heterocycles. The number of halogens is 3. The molecule has 1 aromatic heterocycles. The number of urea groups is 1. The lowest BCUT2D eigenvalue weighted by Crippen LogP contribution is -2.42. The molecule has 0 saturated carbocycles. The third kappa shape index (κ3) is 8.68. The molecule has 1 aliphatic rings. The molecular weight excluding hydrogens is 613 g/mol. The number of hydrogen-bond acceptors (Lipinski definition) is 5. The van der Waals surface area contributed by atoms with Crippen molar-refractivity contribution in [1.82, 2.24) is 20.1 Å². The molecule has 3 aromatic carbocycles. The first-order chi connectivity index (χ1) is 22.1. The van der Waals surface area contributed by atoms with Gasteiger partial charge in [0.15, 0.2) is 11.0 Å². The van der Waals surface area contributed by atoms with Crippen LogP contribution in [0.4, 0.5) is 23.7 Å². The number of aromatic nitrogens is 3. The number of amidine groups is 1. The van der Waals surface area contributed by atoms with Gasteiger partial charge in [0.2, 0.25) is 0 Å². The second-order valence-electron chi connectivity index (χ2n) is 11.2. The number of nitrogens with zero attached hydrogens (tertiary/aromatic N) is 5. The largest absolute Gasteiger partial charge is 0.573 e. The van der Waals surface area contributed by atoms with E-state index in [9.17, 15) is 18.0 Å². The van der Waals surface area contributed by atoms with Crippen molar-refractivity contribution < 1.29 is 22.7 Å². The Kier molecular flexibility index (Phi) is 10.7. The molecule has 5 rings (SSSR count). The second kappa shape index (κ2) is 14.8. The minimum absolute atomic E-state index is 0.255. The van der Waals surface area contributed by atoms with Crippen molar-refractivity contribution in [1.29, 1.82) is 0 Å². The zero-order valence-electron chi connectivity index (χ0n) is 26.1. The van der Waals surface area contributed by atoms with Crippen LogP contribution in [0.5, 0.6) is 5.75 Å². The van der Waals surface area contributed by atoms with E-state index in [1.54, 1.807) is 11.8 Å². The number of anilines is 1. The Morgan fingerprint density at radius 1 is 1.09 bits per heavy atom. The highest BCUT2D eigenvalue weighted by molar-refractivity contribution is 8.14. The summed E-state index contributed by atoms with van der Waals surface area (Å²) in [6.45, 7) is 6.96. The summed E-state index contributed by atoms with van der Waals surface area (Å²) in [5.41, 5.74) is 6.08. The Balaban J connectivity index is 1.14. The molecule has 0 spiro atoms. The Morgan fingerprint density at radius 2 is 1.85 bits per heavy atom. The van der Waals surface area contributed by atoms with Gasteiger partial charge in [-0.25, -0.2) is 14.5 Å². The number of amides is 2. The van der Waals surface area contributed by atoms with Gasteiger partial charge < -0.3 is 15.0 Å². The van der Waals surface area contributed by atoms with Crippen LogP contribution in [-0.2, 0) is 12.8 Å². The Labute approximate surface area is 271 Å². The van der Waals surface area contributed by atoms with Crippen molar-refractivity contribution in [2.75, 3.05) is 17.2 Å². The van der Waals surface area contributed by atoms with Gasteiger partial charge >= 0.3 is 12.4 Å². The first-order valence-corrected chi connectivity index (χ1v) is 16.3. The van der Waals surface area contributed by atoms with Crippen molar-refractivity contribution in [2.24, 2.45) is 4.99 Å². The maximum Gasteiger partial charge on any atom is 0.573 e. The van der Waals surface area contributed by atoms with Gasteiger partial charge in [-0.05, 0) is 86.6 Å². The van der Waals surface area contributed by atoms with Crippen LogP contribution >= 0.6 is 11.8 Å². The molecule has 4 aromatic rings. The maximum absolute atomic E-state index is 12.9. The standard InChI is InChI=1S/C34H37F3N6O2S/c1-4-6-26-11-8-23(2)21-30(26)43-24(3)18-20-46-33(43)40-32(44)38-19-5-7-25-9-12-27(13-10-25)31-39-22-42(41-31)28-14-16-29(17-15-28)45-34(35,36)37/h8-17,21-22,24H,4-7,18-20H2,1-3H3,(H,38,44)/b40-33-. The fourth-order valence-electron chi connectivity index (χ4n) is 5.27. The summed E-state index contributed by atoms with van der Waals surface area (Å²) >= 11 is 1.63. The van der Waals surface area contributed by atoms with E-state index in [2.05, 4.69) is 69.0 Å². The first kappa shape index (κ1) is 33.1. The van der Waals surface area contributed by atoms with Crippen molar-refractivity contribution >= 4 is 28.6 Å². The van der Waals surface area contributed by atoms with Gasteiger partial charge in [-0.1, -0.05) is 61.5 Å². The van der Waals surface area contributed by atoms with Gasteiger partial charge in [-0.2, -0.15) is 4.99 Å². The zero-order valence-corrected chi connectivity index (χ0v) is 26.9. The molecule has 1 unspecified atom stereocenters. The van der Waals surface area contributed by atoms with E-state index in [4.69, 9.17) is 0 Å². The van der Waals surface area contributed by atoms with Crippen LogP contribution in [0.3, 0.4) is 0 Å². The quantitative estimate of drug-likeness (QED) is 0.175. The molecular formula is C34H37F3N6O2S. The Morgan fingerprint density at radius 3 is 2.57 bits per heavy atom. The van der Waals surface area contributed by atoms with Crippen LogP contribution in [0.2, 0.25) is 0 Å². The summed E-state index contributed by atoms with van der Waals surface area (Å²) in [6.07, 6.45) is 1.34. The van der Waals surface area contributed by atoms with Crippen molar-refractivity contribution in [3.8, 4) is 22.8 Å². The second-order valence-corrected chi connectivity index (χ2v) is 12.3. The number of hydrogen-bond donors (Lipinski definition) is 1. The molecule has 1 atom stereocenters. The topological polar surface area (TPSA) is 84.6 Å². The number of carbonyl (C=O) groups is 1. The first-order valence-electron chi connectivity index (χ1n) is 15.3. The normalized spacial score (nSPS) is 16.1. The number of carbonyl (C=O) groups excluding carboxylic acids is 1. The summed E-state index contributed by atoms with van der Waals surface area (Å²) in [5.74, 6) is 1.12. The molecule has 1 fully saturated rings. The molecule has 46 heavy (non-hydrogen) atoms. The Bertz CT molecular complexity index is 1650. The molecule has 242 valence electrons. The number of thioether (sulfide) groups is 1. The minimum atomic E-state index is -4.74. The fraction of sp³-hybridized carbons (Fsp3) is 0.353. The molecule has 2 amide bonds. The van der Waals surface area contributed by atoms with Crippen molar-refractivity contribution in [3.63, 3.8) is 0 Å². The van der Waals surface area contributed by atoms with Gasteiger partial charge in [0.25, 0.3) is 0 Å². The van der Waals surface area contributed by atoms with E-state index in [1.807, 2.05) is 24.3 Å². The highest BCUT2D eigenvalue weighted by Crippen LogP contribution is 2.33. The molecule has 1 saturated heterocycles. The lowest BCUT2D eigenvalue weighted by Gasteiger charge is -2.37. The van der Waals surface area contributed by atoms with Crippen LogP contribution in [0.1, 0.15) is 49.8 Å². The fourth-order valence-corrected chi connectivity index (χ4v) is 6.47. The summed E-state index contributed by atoms with van der Waals surface area (Å²) < 4.78 is 42.7. The van der Waals surface area contributed by atoms with Crippen LogP contribution in [0, 0.1) is 6.92 Å². The van der Waals surface area contributed by atoms with E-state index < -0.39 is 6.36 Å². The highest BCUT2D eigenvalue weighted by Gasteiger charge is 2.31. The lowest BCUT2D eigenvalue weighted by atomic mass is 10.0. The highest BCUT2D eigenvalue weighted by atomic mass is 32.2. The number of ether oxygens (including phenoxy) is 1. The van der Waals surface area contributed by atoms with Gasteiger partial charge in [0.05, 0.1) is 5.69 Å². The zero-order chi connectivity index (χ0) is 32.7. The minimum Gasteiger partial charge on any atom is -0.406 e. The van der Waals surface area contributed by atoms with E-state index in [-0.39, 0.29) is 17.8 Å². The van der Waals surface area contributed by atoms with E-state index in [0.29, 0.717) is 18.1 Å². The van der Waals surface area contributed by atoms with E-state index in [0.717, 1.165) is 59.8 Å². The lowest BCUT2D eigenvalue weighted by molar-refractivity contribution is -0.274. The third-order valence-electron chi connectivity index (χ3n) is 7.59. The van der Waals surface area contributed by atoms with E-state index in [1.165, 1.54) is 46.4 Å². The number of nitrogens with one attached hydrogen (secondary N) is 1. The van der Waals surface area contributed by atoms with Crippen LogP contribution in [0.25, 0.3) is 17.1 Å². The predicted octanol–water partition coefficient (Wildman–Crippen LogP) is 8.12. The number of benzene rings is 3. The van der Waals surface area contributed by atoms with E-state index >= 15 is 0 Å². The van der Waals surface area contributed by atoms with Crippen molar-refractivity contribution in [2.45, 2.75) is 65.3 Å². The summed E-state index contributed by atoms with van der Waals surface area (Å²) in [5, 5.41) is 8.16. The molecule has 0 bridgehead atoms. The van der Waals surface area contributed by atoms with Crippen LogP contribution in [-0.4, -0.2) is 50.7 Å². The smallest absolute Gasteiger partial charge is 0.406 e. The van der Waals surface area contributed by atoms with Gasteiger partial charge in [0, 0.05) is 29.6 Å². The van der Waals surface area contributed by atoms with Gasteiger partial charge in [-0.15, -0.1) is 18.3 Å². The average molecular weight is 651 g/mol. The van der Waals surface area contributed by atoms with Gasteiger partial charge in [-0.3, -0.25) is 0 Å². The maximum atomic E-state index is 12.9. The van der Waals surface area contributed by atoms with Gasteiger partial charge in [0.1, 0.15) is 12.1 Å². The average Bonchev–Trinajstić information content (AvgIpc) is 3.51. The molecule has 2 heterocycles. The Hall–Kier alpha value is -4.32. The number of aryl methyl sites for hydroxylation is 3. The number of rotatable bonds is 10. The molecule has 0 aliphatic carbocycles. The van der Waals surface area contributed by atoms with Crippen LogP contribution < -0.4 is 15.0 Å². The summed E-state index contributed by atoms with van der Waals surface area (Å²) in [6, 6.07) is 19.7. The van der Waals surface area contributed by atoms with Crippen molar-refractivity contribution in [3.05, 3.63) is 89.7 Å². The SMILES string of the molecule is CCCc1ccc(C)cc1N1/C(=N/C(=O)NCCCc2ccc(-c3ncn(-c4ccc(OC(F)(F)F)cc4)n3)cc2)SCCC1C. The summed E-state index contributed by atoms with van der Waals surface area (Å²) in [4.78, 5) is 23.9. The number of alkyl halides is 3. The monoisotopic (exact) mass is 650 g/mol. The summed E-state index contributed by atoms with van der Waals surface area (Å²) in [7, 11) is 0. The third-order valence-corrected chi connectivity index (χ3v) is 8.57. The molecule has 1 N–H and O–H groups in total. The number of aliphatic imine (C=N–C) groups is 1.